The van der Waals surface area contributed by atoms with Gasteiger partial charge in [0, 0.05) is 11.6 Å². The molecule has 80 valence electrons. The highest BCUT2D eigenvalue weighted by Gasteiger charge is 2.08. The van der Waals surface area contributed by atoms with Crippen LogP contribution in [0.1, 0.15) is 24.5 Å². The Morgan fingerprint density at radius 1 is 1.44 bits per heavy atom. The van der Waals surface area contributed by atoms with Crippen molar-refractivity contribution >= 4 is 22.5 Å². The molecule has 0 aliphatic rings. The Morgan fingerprint density at radius 3 is 2.94 bits per heavy atom. The first kappa shape index (κ1) is 10.9. The Kier molecular flexibility index (Phi) is 3.07. The molecule has 0 N–H and O–H groups in total. The van der Waals surface area contributed by atoms with E-state index in [-0.39, 0.29) is 0 Å². The average molecular weight is 231 g/mol. The lowest BCUT2D eigenvalue weighted by atomic mass is 10.0. The number of fused-ring (bicyclic) bond motifs is 1. The molecule has 1 aromatic heterocycles. The summed E-state index contributed by atoms with van der Waals surface area (Å²) in [6.45, 7) is 2.13. The Hall–Kier alpha value is -1.59. The van der Waals surface area contributed by atoms with Crippen molar-refractivity contribution < 1.29 is 0 Å². The third kappa shape index (κ3) is 1.75. The molecule has 16 heavy (non-hydrogen) atoms. The molecular weight excluding hydrogens is 220 g/mol. The molecule has 3 heteroatoms. The standard InChI is InChI=1S/C13H11ClN2/c1-2-4-9-5-3-6-11-12(14)10(7-15)8-16-13(9)11/h3,5-6,8H,2,4H2,1H3. The molecule has 0 radical (unpaired) electrons. The van der Waals surface area contributed by atoms with Gasteiger partial charge in [-0.3, -0.25) is 4.98 Å². The predicted molar refractivity (Wildman–Crippen MR) is 65.5 cm³/mol. The van der Waals surface area contributed by atoms with Crippen LogP contribution in [-0.4, -0.2) is 4.98 Å². The van der Waals surface area contributed by atoms with E-state index < -0.39 is 0 Å². The molecule has 0 aliphatic carbocycles. The van der Waals surface area contributed by atoms with Crippen molar-refractivity contribution in [3.8, 4) is 6.07 Å². The molecule has 2 aromatic rings. The lowest BCUT2D eigenvalue weighted by molar-refractivity contribution is 0.926. The summed E-state index contributed by atoms with van der Waals surface area (Å²) >= 11 is 6.15. The number of nitriles is 1. The topological polar surface area (TPSA) is 36.7 Å². The number of para-hydroxylation sites is 1. The number of nitrogens with zero attached hydrogens (tertiary/aromatic N) is 2. The fourth-order valence-corrected chi connectivity index (χ4v) is 2.04. The van der Waals surface area contributed by atoms with Crippen LogP contribution in [0.4, 0.5) is 0 Å². The maximum Gasteiger partial charge on any atom is 0.102 e. The minimum atomic E-state index is 0.433. The highest BCUT2D eigenvalue weighted by atomic mass is 35.5. The molecule has 0 amide bonds. The molecule has 0 bridgehead atoms. The molecule has 0 aliphatic heterocycles. The van der Waals surface area contributed by atoms with Crippen LogP contribution in [-0.2, 0) is 6.42 Å². The number of pyridine rings is 1. The Bertz CT molecular complexity index is 570. The Balaban J connectivity index is 2.73. The van der Waals surface area contributed by atoms with Crippen molar-refractivity contribution in [1.29, 1.82) is 5.26 Å². The smallest absolute Gasteiger partial charge is 0.102 e. The molecule has 2 rings (SSSR count). The third-order valence-corrected chi connectivity index (χ3v) is 2.96. The normalized spacial score (nSPS) is 10.3. The molecule has 1 aromatic carbocycles. The van der Waals surface area contributed by atoms with E-state index in [1.54, 1.807) is 6.20 Å². The maximum absolute atomic E-state index is 8.88. The zero-order valence-electron chi connectivity index (χ0n) is 9.00. The second-order valence-corrected chi connectivity index (χ2v) is 4.04. The fraction of sp³-hybridized carbons (Fsp3) is 0.231. The van der Waals surface area contributed by atoms with Crippen LogP contribution in [0.5, 0.6) is 0 Å². The van der Waals surface area contributed by atoms with E-state index in [4.69, 9.17) is 16.9 Å². The van der Waals surface area contributed by atoms with E-state index in [1.165, 1.54) is 5.56 Å². The van der Waals surface area contributed by atoms with Crippen molar-refractivity contribution in [1.82, 2.24) is 4.98 Å². The number of halogens is 1. The van der Waals surface area contributed by atoms with Gasteiger partial charge in [-0.25, -0.2) is 0 Å². The van der Waals surface area contributed by atoms with E-state index in [9.17, 15) is 0 Å². The minimum absolute atomic E-state index is 0.433. The van der Waals surface area contributed by atoms with Crippen LogP contribution < -0.4 is 0 Å². The van der Waals surface area contributed by atoms with Crippen molar-refractivity contribution in [3.63, 3.8) is 0 Å². The number of benzene rings is 1. The average Bonchev–Trinajstić information content (AvgIpc) is 2.31. The van der Waals surface area contributed by atoms with Gasteiger partial charge in [0.2, 0.25) is 0 Å². The van der Waals surface area contributed by atoms with E-state index in [0.29, 0.717) is 10.6 Å². The van der Waals surface area contributed by atoms with Crippen LogP contribution in [0.3, 0.4) is 0 Å². The van der Waals surface area contributed by atoms with Gasteiger partial charge in [-0.05, 0) is 12.0 Å². The molecule has 0 atom stereocenters. The zero-order valence-corrected chi connectivity index (χ0v) is 9.75. The fourth-order valence-electron chi connectivity index (χ4n) is 1.80. The molecule has 0 saturated heterocycles. The van der Waals surface area contributed by atoms with Crippen molar-refractivity contribution in [2.24, 2.45) is 0 Å². The summed E-state index contributed by atoms with van der Waals surface area (Å²) in [5.41, 5.74) is 2.53. The number of rotatable bonds is 2. The summed E-state index contributed by atoms with van der Waals surface area (Å²) in [7, 11) is 0. The quantitative estimate of drug-likeness (QED) is 0.789. The molecular formula is C13H11ClN2. The van der Waals surface area contributed by atoms with Gasteiger partial charge in [0.15, 0.2) is 0 Å². The third-order valence-electron chi connectivity index (χ3n) is 2.56. The number of hydrogen-bond acceptors (Lipinski definition) is 2. The molecule has 0 saturated carbocycles. The van der Waals surface area contributed by atoms with Crippen LogP contribution >= 0.6 is 11.6 Å². The lowest BCUT2D eigenvalue weighted by Crippen LogP contribution is -1.91. The number of aryl methyl sites for hydroxylation is 1. The van der Waals surface area contributed by atoms with Crippen LogP contribution in [0.15, 0.2) is 24.4 Å². The van der Waals surface area contributed by atoms with Crippen molar-refractivity contribution in [2.75, 3.05) is 0 Å². The number of aromatic nitrogens is 1. The van der Waals surface area contributed by atoms with Gasteiger partial charge in [0.1, 0.15) is 6.07 Å². The largest absolute Gasteiger partial charge is 0.254 e. The molecule has 1 heterocycles. The highest BCUT2D eigenvalue weighted by Crippen LogP contribution is 2.27. The zero-order chi connectivity index (χ0) is 11.5. The second-order valence-electron chi connectivity index (χ2n) is 3.66. The minimum Gasteiger partial charge on any atom is -0.254 e. The monoisotopic (exact) mass is 230 g/mol. The highest BCUT2D eigenvalue weighted by molar-refractivity contribution is 6.36. The molecule has 0 spiro atoms. The SMILES string of the molecule is CCCc1cccc2c(Cl)c(C#N)cnc12. The van der Waals surface area contributed by atoms with Gasteiger partial charge in [-0.2, -0.15) is 5.26 Å². The van der Waals surface area contributed by atoms with Gasteiger partial charge >= 0.3 is 0 Å². The van der Waals surface area contributed by atoms with Gasteiger partial charge < -0.3 is 0 Å². The van der Waals surface area contributed by atoms with Crippen LogP contribution in [0, 0.1) is 11.3 Å². The first-order valence-electron chi connectivity index (χ1n) is 5.24. The molecule has 0 fully saturated rings. The molecule has 0 unspecified atom stereocenters. The first-order valence-corrected chi connectivity index (χ1v) is 5.62. The lowest BCUT2D eigenvalue weighted by Gasteiger charge is -2.06. The summed E-state index contributed by atoms with van der Waals surface area (Å²) in [6.07, 6.45) is 3.59. The second kappa shape index (κ2) is 4.51. The summed E-state index contributed by atoms with van der Waals surface area (Å²) in [5.74, 6) is 0. The summed E-state index contributed by atoms with van der Waals surface area (Å²) < 4.78 is 0. The molecule has 2 nitrogen and oxygen atoms in total. The van der Waals surface area contributed by atoms with Gasteiger partial charge in [-0.15, -0.1) is 0 Å². The number of hydrogen-bond donors (Lipinski definition) is 0. The van der Waals surface area contributed by atoms with Crippen LogP contribution in [0.25, 0.3) is 10.9 Å². The van der Waals surface area contributed by atoms with E-state index in [0.717, 1.165) is 23.7 Å². The van der Waals surface area contributed by atoms with Crippen molar-refractivity contribution in [3.05, 3.63) is 40.5 Å². The maximum atomic E-state index is 8.88. The van der Waals surface area contributed by atoms with Crippen LogP contribution in [0.2, 0.25) is 5.02 Å². The van der Waals surface area contributed by atoms with Crippen molar-refractivity contribution in [2.45, 2.75) is 19.8 Å². The summed E-state index contributed by atoms with van der Waals surface area (Å²) in [6, 6.07) is 7.97. The van der Waals surface area contributed by atoms with Gasteiger partial charge in [0.25, 0.3) is 0 Å². The summed E-state index contributed by atoms with van der Waals surface area (Å²) in [4.78, 5) is 4.32. The van der Waals surface area contributed by atoms with Gasteiger partial charge in [-0.1, -0.05) is 43.1 Å². The summed E-state index contributed by atoms with van der Waals surface area (Å²) in [5, 5.41) is 10.2. The van der Waals surface area contributed by atoms with Gasteiger partial charge in [0.05, 0.1) is 16.1 Å². The Labute approximate surface area is 99.5 Å². The van der Waals surface area contributed by atoms with E-state index in [1.807, 2.05) is 18.2 Å². The van der Waals surface area contributed by atoms with E-state index in [2.05, 4.69) is 18.0 Å². The predicted octanol–water partition coefficient (Wildman–Crippen LogP) is 3.71. The van der Waals surface area contributed by atoms with E-state index >= 15 is 0 Å². The first-order chi connectivity index (χ1) is 7.77. The Morgan fingerprint density at radius 2 is 2.25 bits per heavy atom.